The van der Waals surface area contributed by atoms with E-state index in [1.165, 1.54) is 29.2 Å². The van der Waals surface area contributed by atoms with Crippen molar-refractivity contribution >= 4 is 27.5 Å². The number of sulfonamides is 1. The third kappa shape index (κ3) is 7.91. The summed E-state index contributed by atoms with van der Waals surface area (Å²) in [5, 5.41) is 2.93. The molecule has 7 nitrogen and oxygen atoms in total. The van der Waals surface area contributed by atoms with Crippen molar-refractivity contribution in [3.63, 3.8) is 0 Å². The van der Waals surface area contributed by atoms with Crippen LogP contribution in [0.15, 0.2) is 77.7 Å². The van der Waals surface area contributed by atoms with Crippen LogP contribution in [-0.4, -0.2) is 43.3 Å². The standard InChI is InChI=1S/C31H38FN3O4S/c1-7-28(30(37)33-31(4,5)6)34(20-24-12-14-25(32)15-13-24)29(36)21-35(26-16-8-22(2)9-17-26)40(38,39)27-18-10-23(3)11-19-27/h8-19,28H,7,20-21H2,1-6H3,(H,33,37)/t28-/m1/s1. The van der Waals surface area contributed by atoms with Crippen LogP contribution in [0.1, 0.15) is 50.8 Å². The van der Waals surface area contributed by atoms with E-state index in [1.807, 2.05) is 34.6 Å². The number of hydrogen-bond donors (Lipinski definition) is 1. The SMILES string of the molecule is CC[C@H](C(=O)NC(C)(C)C)N(Cc1ccc(F)cc1)C(=O)CN(c1ccc(C)cc1)S(=O)(=O)c1ccc(C)cc1. The monoisotopic (exact) mass is 567 g/mol. The summed E-state index contributed by atoms with van der Waals surface area (Å²) in [6.07, 6.45) is 0.296. The Hall–Kier alpha value is -3.72. The van der Waals surface area contributed by atoms with Crippen molar-refractivity contribution in [2.45, 2.75) is 71.0 Å². The molecule has 1 atom stereocenters. The molecule has 0 aliphatic heterocycles. The third-order valence-electron chi connectivity index (χ3n) is 6.36. The number of aryl methyl sites for hydroxylation is 2. The van der Waals surface area contributed by atoms with Crippen molar-refractivity contribution in [3.05, 3.63) is 95.3 Å². The lowest BCUT2D eigenvalue weighted by atomic mass is 10.1. The molecule has 0 aromatic heterocycles. The first-order chi connectivity index (χ1) is 18.7. The molecule has 0 aliphatic rings. The summed E-state index contributed by atoms with van der Waals surface area (Å²) in [6.45, 7) is 10.5. The van der Waals surface area contributed by atoms with Gasteiger partial charge in [0.15, 0.2) is 0 Å². The number of rotatable bonds is 10. The minimum Gasteiger partial charge on any atom is -0.350 e. The number of nitrogens with one attached hydrogen (secondary N) is 1. The maximum absolute atomic E-state index is 14.0. The summed E-state index contributed by atoms with van der Waals surface area (Å²) in [7, 11) is -4.14. The number of halogens is 1. The van der Waals surface area contributed by atoms with Crippen LogP contribution in [0, 0.1) is 19.7 Å². The van der Waals surface area contributed by atoms with Gasteiger partial charge < -0.3 is 10.2 Å². The molecule has 0 unspecified atom stereocenters. The average molecular weight is 568 g/mol. The first-order valence-corrected chi connectivity index (χ1v) is 14.7. The highest BCUT2D eigenvalue weighted by Gasteiger charge is 2.34. The van der Waals surface area contributed by atoms with Gasteiger partial charge in [-0.05, 0) is 83.0 Å². The van der Waals surface area contributed by atoms with Crippen LogP contribution in [0.25, 0.3) is 0 Å². The van der Waals surface area contributed by atoms with Gasteiger partial charge in [0, 0.05) is 12.1 Å². The highest BCUT2D eigenvalue weighted by molar-refractivity contribution is 7.92. The Bertz CT molecular complexity index is 1420. The summed E-state index contributed by atoms with van der Waals surface area (Å²) in [4.78, 5) is 28.8. The van der Waals surface area contributed by atoms with E-state index in [0.717, 1.165) is 15.4 Å². The molecular weight excluding hydrogens is 529 g/mol. The van der Waals surface area contributed by atoms with E-state index in [0.29, 0.717) is 17.7 Å². The molecule has 9 heteroatoms. The van der Waals surface area contributed by atoms with E-state index in [9.17, 15) is 22.4 Å². The van der Waals surface area contributed by atoms with E-state index in [4.69, 9.17) is 0 Å². The first kappa shape index (κ1) is 30.8. The van der Waals surface area contributed by atoms with Crippen LogP contribution in [-0.2, 0) is 26.2 Å². The van der Waals surface area contributed by atoms with Crippen LogP contribution in [0.5, 0.6) is 0 Å². The summed E-state index contributed by atoms with van der Waals surface area (Å²) in [6, 6.07) is 18.1. The van der Waals surface area contributed by atoms with Crippen LogP contribution >= 0.6 is 0 Å². The Labute approximate surface area is 237 Å². The first-order valence-electron chi connectivity index (χ1n) is 13.2. The topological polar surface area (TPSA) is 86.8 Å². The zero-order valence-corrected chi connectivity index (χ0v) is 24.8. The van der Waals surface area contributed by atoms with Gasteiger partial charge in [0.05, 0.1) is 10.6 Å². The van der Waals surface area contributed by atoms with Crippen LogP contribution in [0.2, 0.25) is 0 Å². The molecule has 3 aromatic carbocycles. The Morgan fingerprint density at radius 2 is 1.40 bits per heavy atom. The van der Waals surface area contributed by atoms with Crippen LogP contribution < -0.4 is 9.62 Å². The number of carbonyl (C=O) groups is 2. The molecule has 0 fully saturated rings. The molecule has 0 bridgehead atoms. The van der Waals surface area contributed by atoms with E-state index >= 15 is 0 Å². The summed E-state index contributed by atoms with van der Waals surface area (Å²) < 4.78 is 42.4. The van der Waals surface area contributed by atoms with Gasteiger partial charge >= 0.3 is 0 Å². The van der Waals surface area contributed by atoms with Gasteiger partial charge in [0.1, 0.15) is 18.4 Å². The van der Waals surface area contributed by atoms with Crippen molar-refractivity contribution in [3.8, 4) is 0 Å². The Morgan fingerprint density at radius 3 is 1.90 bits per heavy atom. The summed E-state index contributed by atoms with van der Waals surface area (Å²) in [5.74, 6) is -1.33. The molecule has 0 saturated carbocycles. The number of hydrogen-bond acceptors (Lipinski definition) is 4. The van der Waals surface area contributed by atoms with Crippen molar-refractivity contribution in [1.82, 2.24) is 10.2 Å². The lowest BCUT2D eigenvalue weighted by Crippen LogP contribution is -2.55. The quantitative estimate of drug-likeness (QED) is 0.357. The third-order valence-corrected chi connectivity index (χ3v) is 8.15. The van der Waals surface area contributed by atoms with E-state index < -0.39 is 39.9 Å². The van der Waals surface area contributed by atoms with Gasteiger partial charge in [-0.15, -0.1) is 0 Å². The smallest absolute Gasteiger partial charge is 0.264 e. The number of benzene rings is 3. The predicted molar refractivity (Wildman–Crippen MR) is 156 cm³/mol. The second-order valence-corrected chi connectivity index (χ2v) is 12.8. The molecule has 0 spiro atoms. The summed E-state index contributed by atoms with van der Waals surface area (Å²) in [5.41, 5.74) is 2.23. The van der Waals surface area contributed by atoms with E-state index in [-0.39, 0.29) is 17.3 Å². The highest BCUT2D eigenvalue weighted by atomic mass is 32.2. The molecule has 0 heterocycles. The van der Waals surface area contributed by atoms with E-state index in [1.54, 1.807) is 55.5 Å². The minimum absolute atomic E-state index is 0.00149. The van der Waals surface area contributed by atoms with Gasteiger partial charge in [-0.2, -0.15) is 0 Å². The molecule has 40 heavy (non-hydrogen) atoms. The summed E-state index contributed by atoms with van der Waals surface area (Å²) >= 11 is 0. The number of anilines is 1. The molecule has 1 N–H and O–H groups in total. The van der Waals surface area contributed by atoms with Crippen LogP contribution in [0.3, 0.4) is 0 Å². The fourth-order valence-corrected chi connectivity index (χ4v) is 5.65. The van der Waals surface area contributed by atoms with Crippen molar-refractivity contribution in [2.75, 3.05) is 10.8 Å². The molecule has 0 aliphatic carbocycles. The molecule has 2 amide bonds. The molecule has 214 valence electrons. The van der Waals surface area contributed by atoms with E-state index in [2.05, 4.69) is 5.32 Å². The zero-order chi connectivity index (χ0) is 29.7. The van der Waals surface area contributed by atoms with Crippen LogP contribution in [0.4, 0.5) is 10.1 Å². The Morgan fingerprint density at radius 1 is 0.875 bits per heavy atom. The maximum atomic E-state index is 14.0. The fourth-order valence-electron chi connectivity index (χ4n) is 4.24. The number of carbonyl (C=O) groups excluding carboxylic acids is 2. The number of amides is 2. The zero-order valence-electron chi connectivity index (χ0n) is 23.9. The number of nitrogens with zero attached hydrogens (tertiary/aromatic N) is 2. The maximum Gasteiger partial charge on any atom is 0.264 e. The van der Waals surface area contributed by atoms with Gasteiger partial charge in [-0.1, -0.05) is 54.4 Å². The highest BCUT2D eigenvalue weighted by Crippen LogP contribution is 2.25. The van der Waals surface area contributed by atoms with Crippen molar-refractivity contribution in [2.24, 2.45) is 0 Å². The van der Waals surface area contributed by atoms with Crippen molar-refractivity contribution < 1.29 is 22.4 Å². The minimum atomic E-state index is -4.14. The molecule has 0 saturated heterocycles. The normalized spacial score (nSPS) is 12.5. The average Bonchev–Trinajstić information content (AvgIpc) is 2.88. The lowest BCUT2D eigenvalue weighted by molar-refractivity contribution is -0.141. The Balaban J connectivity index is 2.06. The van der Waals surface area contributed by atoms with Gasteiger partial charge in [0.2, 0.25) is 11.8 Å². The lowest BCUT2D eigenvalue weighted by Gasteiger charge is -2.34. The van der Waals surface area contributed by atoms with Crippen molar-refractivity contribution in [1.29, 1.82) is 0 Å². The molecule has 3 aromatic rings. The Kier molecular flexibility index (Phi) is 9.73. The van der Waals surface area contributed by atoms with Gasteiger partial charge in [0.25, 0.3) is 10.0 Å². The predicted octanol–water partition coefficient (Wildman–Crippen LogP) is 5.36. The second-order valence-electron chi connectivity index (χ2n) is 11.0. The van der Waals surface area contributed by atoms with Gasteiger partial charge in [-0.3, -0.25) is 13.9 Å². The molecule has 3 rings (SSSR count). The fraction of sp³-hybridized carbons (Fsp3) is 0.355. The second kappa shape index (κ2) is 12.6. The molecule has 0 radical (unpaired) electrons. The largest absolute Gasteiger partial charge is 0.350 e. The molecular formula is C31H38FN3O4S. The van der Waals surface area contributed by atoms with Gasteiger partial charge in [-0.25, -0.2) is 12.8 Å².